The van der Waals surface area contributed by atoms with E-state index in [1.807, 2.05) is 0 Å². The van der Waals surface area contributed by atoms with Crippen LogP contribution >= 0.6 is 0 Å². The van der Waals surface area contributed by atoms with Crippen molar-refractivity contribution in [2.24, 2.45) is 4.99 Å². The summed E-state index contributed by atoms with van der Waals surface area (Å²) >= 11 is 0. The first kappa shape index (κ1) is 7.45. The second-order valence-electron chi connectivity index (χ2n) is 2.26. The number of nitrogens with one attached hydrogen (secondary N) is 2. The van der Waals surface area contributed by atoms with E-state index in [1.54, 1.807) is 0 Å². The van der Waals surface area contributed by atoms with E-state index in [4.69, 9.17) is 0 Å². The summed E-state index contributed by atoms with van der Waals surface area (Å²) in [7, 11) is 0. The molecule has 64 valence electrons. The zero-order chi connectivity index (χ0) is 9.26. The number of H-pyrrole nitrogens is 2. The van der Waals surface area contributed by atoms with Crippen molar-refractivity contribution in [3.8, 4) is 0 Å². The minimum Gasteiger partial charge on any atom is -0.339 e. The highest BCUT2D eigenvalue weighted by molar-refractivity contribution is 5.69. The molecule has 0 saturated heterocycles. The van der Waals surface area contributed by atoms with Gasteiger partial charge in [-0.15, -0.1) is 0 Å². The van der Waals surface area contributed by atoms with Gasteiger partial charge < -0.3 is 4.98 Å². The molecule has 6 heteroatoms. The maximum atomic E-state index is 11.3. The van der Waals surface area contributed by atoms with Crippen LogP contribution in [-0.2, 0) is 0 Å². The Morgan fingerprint density at radius 3 is 3.23 bits per heavy atom. The highest BCUT2D eigenvalue weighted by Gasteiger charge is 2.03. The Morgan fingerprint density at radius 2 is 2.46 bits per heavy atom. The third-order valence-electron chi connectivity index (χ3n) is 1.47. The average Bonchev–Trinajstić information content (AvgIpc) is 2.53. The molecule has 0 aliphatic rings. The molecule has 0 unspecified atom stereocenters. The fraction of sp³-hybridized carbons (Fsp3) is 0. The number of aromatic nitrogens is 4. The fourth-order valence-corrected chi connectivity index (χ4v) is 0.959. The minimum atomic E-state index is -0.309. The van der Waals surface area contributed by atoms with Crippen LogP contribution in [0.3, 0.4) is 0 Å². The van der Waals surface area contributed by atoms with Crippen molar-refractivity contribution < 1.29 is 0 Å². The van der Waals surface area contributed by atoms with Crippen molar-refractivity contribution in [1.29, 1.82) is 0 Å². The lowest BCUT2D eigenvalue weighted by atomic mass is 10.5. The number of aromatic amines is 2. The summed E-state index contributed by atoms with van der Waals surface area (Å²) < 4.78 is 0. The summed E-state index contributed by atoms with van der Waals surface area (Å²) in [6, 6.07) is 0. The molecular weight excluding hydrogens is 170 g/mol. The summed E-state index contributed by atoms with van der Waals surface area (Å²) in [6.45, 7) is 3.27. The normalized spacial score (nSPS) is 9.85. The number of hydrogen-bond donors (Lipinski definition) is 2. The van der Waals surface area contributed by atoms with Crippen LogP contribution in [0.2, 0.25) is 0 Å². The Bertz CT molecular complexity index is 545. The van der Waals surface area contributed by atoms with Gasteiger partial charge in [0.1, 0.15) is 0 Å². The van der Waals surface area contributed by atoms with E-state index < -0.39 is 0 Å². The van der Waals surface area contributed by atoms with Gasteiger partial charge in [0.15, 0.2) is 11.2 Å². The number of rotatable bonds is 1. The fourth-order valence-electron chi connectivity index (χ4n) is 0.959. The molecule has 13 heavy (non-hydrogen) atoms. The Kier molecular flexibility index (Phi) is 1.54. The van der Waals surface area contributed by atoms with E-state index in [2.05, 4.69) is 37.4 Å². The maximum absolute atomic E-state index is 11.3. The van der Waals surface area contributed by atoms with E-state index >= 15 is 0 Å². The summed E-state index contributed by atoms with van der Waals surface area (Å²) in [6.07, 6.45) is 1.40. The Morgan fingerprint density at radius 1 is 1.62 bits per heavy atom. The number of nitrogens with zero attached hydrogens (tertiary/aromatic N) is 3. The minimum absolute atomic E-state index is 0.152. The summed E-state index contributed by atoms with van der Waals surface area (Å²) in [4.78, 5) is 27.7. The molecular formula is C7H5N5O. The molecule has 0 spiro atoms. The van der Waals surface area contributed by atoms with Crippen LogP contribution in [0, 0.1) is 0 Å². The van der Waals surface area contributed by atoms with Crippen LogP contribution in [0.25, 0.3) is 11.2 Å². The second kappa shape index (κ2) is 2.69. The molecule has 2 aromatic rings. The molecule has 0 bridgehead atoms. The molecule has 2 N–H and O–H groups in total. The topological polar surface area (TPSA) is 86.8 Å². The Hall–Kier alpha value is -2.20. The Balaban J connectivity index is 2.84. The third-order valence-corrected chi connectivity index (χ3v) is 1.47. The largest absolute Gasteiger partial charge is 0.339 e. The lowest BCUT2D eigenvalue weighted by Gasteiger charge is -1.89. The standard InChI is InChI=1S/C7H5N5O/c1-2-8-7-11-5-4(6(13)12-7)9-3-10-5/h3H,1H2,(H2,9,10,11,12,13). The van der Waals surface area contributed by atoms with E-state index in [-0.39, 0.29) is 11.5 Å². The number of imidazole rings is 1. The molecule has 0 aliphatic carbocycles. The number of aliphatic imine (C=N–C) groups is 1. The predicted octanol–water partition coefficient (Wildman–Crippen LogP) is 0.133. The van der Waals surface area contributed by atoms with E-state index in [9.17, 15) is 4.79 Å². The number of fused-ring (bicyclic) bond motifs is 1. The van der Waals surface area contributed by atoms with Gasteiger partial charge in [0.25, 0.3) is 5.56 Å². The second-order valence-corrected chi connectivity index (χ2v) is 2.26. The molecule has 0 aliphatic heterocycles. The van der Waals surface area contributed by atoms with Crippen molar-refractivity contribution in [2.45, 2.75) is 0 Å². The lowest BCUT2D eigenvalue weighted by molar-refractivity contribution is 1.13. The molecule has 2 heterocycles. The summed E-state index contributed by atoms with van der Waals surface area (Å²) in [5.74, 6) is 2.42. The van der Waals surface area contributed by atoms with Gasteiger partial charge in [-0.05, 0) is 12.4 Å². The van der Waals surface area contributed by atoms with E-state index in [1.165, 1.54) is 6.33 Å². The SMILES string of the molecule is C=C=Nc1nc2nc[nH]c2c(=O)[nH]1. The van der Waals surface area contributed by atoms with Crippen molar-refractivity contribution in [3.63, 3.8) is 0 Å². The molecule has 0 amide bonds. The smallest absolute Gasteiger partial charge is 0.278 e. The first-order valence-electron chi connectivity index (χ1n) is 3.47. The van der Waals surface area contributed by atoms with Gasteiger partial charge in [-0.3, -0.25) is 9.78 Å². The zero-order valence-corrected chi connectivity index (χ0v) is 6.53. The number of hydrogen-bond acceptors (Lipinski definition) is 4. The van der Waals surface area contributed by atoms with Gasteiger partial charge in [-0.2, -0.15) is 9.98 Å². The van der Waals surface area contributed by atoms with Gasteiger partial charge in [0.05, 0.1) is 6.33 Å². The van der Waals surface area contributed by atoms with Crippen molar-refractivity contribution >= 4 is 23.0 Å². The van der Waals surface area contributed by atoms with Gasteiger partial charge in [-0.25, -0.2) is 4.98 Å². The van der Waals surface area contributed by atoms with Crippen LogP contribution < -0.4 is 5.56 Å². The summed E-state index contributed by atoms with van der Waals surface area (Å²) in [5, 5.41) is 0. The van der Waals surface area contributed by atoms with Crippen LogP contribution in [0.4, 0.5) is 5.95 Å². The van der Waals surface area contributed by atoms with Gasteiger partial charge in [-0.1, -0.05) is 0 Å². The van der Waals surface area contributed by atoms with Crippen molar-refractivity contribution in [3.05, 3.63) is 23.3 Å². The third kappa shape index (κ3) is 1.15. The van der Waals surface area contributed by atoms with Crippen LogP contribution in [0.5, 0.6) is 0 Å². The molecule has 0 fully saturated rings. The molecule has 0 saturated carbocycles. The highest BCUT2D eigenvalue weighted by Crippen LogP contribution is 2.04. The molecule has 0 atom stereocenters. The molecule has 0 radical (unpaired) electrons. The monoisotopic (exact) mass is 175 g/mol. The lowest BCUT2D eigenvalue weighted by Crippen LogP contribution is -2.06. The van der Waals surface area contributed by atoms with E-state index in [0.29, 0.717) is 11.2 Å². The van der Waals surface area contributed by atoms with E-state index in [0.717, 1.165) is 0 Å². The highest BCUT2D eigenvalue weighted by atomic mass is 16.1. The van der Waals surface area contributed by atoms with Gasteiger partial charge in [0.2, 0.25) is 5.95 Å². The van der Waals surface area contributed by atoms with Crippen LogP contribution in [0.1, 0.15) is 0 Å². The average molecular weight is 175 g/mol. The van der Waals surface area contributed by atoms with Crippen molar-refractivity contribution in [2.75, 3.05) is 0 Å². The molecule has 6 nitrogen and oxygen atoms in total. The quantitative estimate of drug-likeness (QED) is 0.604. The van der Waals surface area contributed by atoms with Crippen LogP contribution in [0.15, 0.2) is 22.7 Å². The van der Waals surface area contributed by atoms with Crippen molar-refractivity contribution in [1.82, 2.24) is 19.9 Å². The summed E-state index contributed by atoms with van der Waals surface area (Å²) in [5.41, 5.74) is 0.359. The maximum Gasteiger partial charge on any atom is 0.278 e. The first-order chi connectivity index (χ1) is 6.31. The molecule has 2 rings (SSSR count). The van der Waals surface area contributed by atoms with Gasteiger partial charge >= 0.3 is 0 Å². The molecule has 2 aromatic heterocycles. The Labute approximate surface area is 72.1 Å². The van der Waals surface area contributed by atoms with Crippen LogP contribution in [-0.4, -0.2) is 25.8 Å². The predicted molar refractivity (Wildman–Crippen MR) is 47.2 cm³/mol. The zero-order valence-electron chi connectivity index (χ0n) is 6.53. The molecule has 0 aromatic carbocycles. The first-order valence-corrected chi connectivity index (χ1v) is 3.47. The van der Waals surface area contributed by atoms with Gasteiger partial charge in [0, 0.05) is 0 Å².